The molecular weight excluding hydrogens is 376 g/mol. The highest BCUT2D eigenvalue weighted by molar-refractivity contribution is 5.89. The summed E-state index contributed by atoms with van der Waals surface area (Å²) in [4.78, 5) is 0. The van der Waals surface area contributed by atoms with E-state index in [-0.39, 0.29) is 5.90 Å². The fourth-order valence-electron chi connectivity index (χ4n) is 5.99. The van der Waals surface area contributed by atoms with Crippen LogP contribution in [0.15, 0.2) is 18.2 Å². The van der Waals surface area contributed by atoms with Crippen molar-refractivity contribution >= 4 is 5.90 Å². The van der Waals surface area contributed by atoms with Gasteiger partial charge in [0.15, 0.2) is 5.41 Å². The summed E-state index contributed by atoms with van der Waals surface area (Å²) in [5.74, 6) is -1.56. The second-order valence-corrected chi connectivity index (χ2v) is 9.03. The Bertz CT molecular complexity index is 1020. The Morgan fingerprint density at radius 3 is 2.50 bits per heavy atom. The minimum Gasteiger partial charge on any atom is -0.447 e. The van der Waals surface area contributed by atoms with Crippen molar-refractivity contribution in [2.45, 2.75) is 64.8 Å². The Labute approximate surface area is 177 Å². The lowest BCUT2D eigenvalue weighted by Gasteiger charge is -2.53. The van der Waals surface area contributed by atoms with Gasteiger partial charge in [-0.25, -0.2) is 0 Å². The molecule has 2 heterocycles. The number of hydrogen-bond acceptors (Lipinski definition) is 6. The fraction of sp³-hybridized carbons (Fsp3) is 0.583. The molecule has 0 amide bonds. The summed E-state index contributed by atoms with van der Waals surface area (Å²) in [7, 11) is 0. The number of ether oxygens (including phenoxy) is 2. The Kier molecular flexibility index (Phi) is 4.64. The van der Waals surface area contributed by atoms with Gasteiger partial charge in [-0.15, -0.1) is 0 Å². The Morgan fingerprint density at radius 2 is 1.90 bits per heavy atom. The Morgan fingerprint density at radius 1 is 1.17 bits per heavy atom. The molecule has 0 spiro atoms. The maximum absolute atomic E-state index is 10.4. The van der Waals surface area contributed by atoms with Crippen LogP contribution >= 0.6 is 0 Å². The molecule has 5 atom stereocenters. The molecule has 4 rings (SSSR count). The summed E-state index contributed by atoms with van der Waals surface area (Å²) in [6, 6.07) is 12.3. The van der Waals surface area contributed by atoms with Crippen LogP contribution in [0.4, 0.5) is 0 Å². The monoisotopic (exact) mass is 402 g/mol. The van der Waals surface area contributed by atoms with E-state index in [1.54, 1.807) is 0 Å². The van der Waals surface area contributed by atoms with E-state index in [9.17, 15) is 15.8 Å². The van der Waals surface area contributed by atoms with Crippen molar-refractivity contribution < 1.29 is 9.47 Å². The Hall–Kier alpha value is -2.88. The van der Waals surface area contributed by atoms with E-state index in [2.05, 4.69) is 25.1 Å². The van der Waals surface area contributed by atoms with Crippen LogP contribution in [0.25, 0.3) is 0 Å². The van der Waals surface area contributed by atoms with Crippen LogP contribution in [-0.4, -0.2) is 11.7 Å². The highest BCUT2D eigenvalue weighted by atomic mass is 16.7. The molecule has 1 aromatic rings. The smallest absolute Gasteiger partial charge is 0.217 e. The summed E-state index contributed by atoms with van der Waals surface area (Å²) in [5, 5.41) is 39.8. The topological polar surface area (TPSA) is 114 Å². The molecule has 1 saturated carbocycles. The van der Waals surface area contributed by atoms with Crippen molar-refractivity contribution in [2.75, 3.05) is 0 Å². The van der Waals surface area contributed by atoms with Gasteiger partial charge in [-0.3, -0.25) is 5.41 Å². The lowest BCUT2D eigenvalue weighted by atomic mass is 9.50. The van der Waals surface area contributed by atoms with Crippen molar-refractivity contribution in [3.8, 4) is 18.2 Å². The second kappa shape index (κ2) is 6.83. The zero-order valence-corrected chi connectivity index (χ0v) is 17.7. The number of benzene rings is 1. The molecule has 154 valence electrons. The van der Waals surface area contributed by atoms with Crippen molar-refractivity contribution in [1.82, 2.24) is 0 Å². The van der Waals surface area contributed by atoms with Gasteiger partial charge in [0.25, 0.3) is 0 Å². The number of aryl methyl sites for hydroxylation is 2. The van der Waals surface area contributed by atoms with Crippen LogP contribution in [0, 0.1) is 75.9 Å². The third kappa shape index (κ3) is 2.33. The SMILES string of the molecule is CCCC1CCC23OC(=N)C(C#N)(C2C1)C(C#N)(C#N)C(c1ccc(C)cc1C)O3. The van der Waals surface area contributed by atoms with Gasteiger partial charge < -0.3 is 9.47 Å². The summed E-state index contributed by atoms with van der Waals surface area (Å²) < 4.78 is 12.5. The molecular formula is C24H26N4O2. The fourth-order valence-corrected chi connectivity index (χ4v) is 5.99. The molecule has 1 aliphatic carbocycles. The lowest BCUT2D eigenvalue weighted by Crippen LogP contribution is -2.61. The third-order valence-corrected chi connectivity index (χ3v) is 7.42. The van der Waals surface area contributed by atoms with Gasteiger partial charge in [-0.2, -0.15) is 15.8 Å². The first kappa shape index (κ1) is 20.4. The number of rotatable bonds is 3. The average Bonchev–Trinajstić information content (AvgIpc) is 2.92. The molecule has 0 aromatic heterocycles. The van der Waals surface area contributed by atoms with Crippen LogP contribution < -0.4 is 0 Å². The van der Waals surface area contributed by atoms with E-state index in [1.807, 2.05) is 32.0 Å². The zero-order chi connectivity index (χ0) is 21.7. The molecule has 6 nitrogen and oxygen atoms in total. The van der Waals surface area contributed by atoms with Crippen LogP contribution in [0.5, 0.6) is 0 Å². The highest BCUT2D eigenvalue weighted by Crippen LogP contribution is 2.70. The van der Waals surface area contributed by atoms with Gasteiger partial charge in [0.2, 0.25) is 17.1 Å². The van der Waals surface area contributed by atoms with E-state index in [1.165, 1.54) is 0 Å². The van der Waals surface area contributed by atoms with Gasteiger partial charge in [-0.1, -0.05) is 43.5 Å². The van der Waals surface area contributed by atoms with Gasteiger partial charge in [-0.05, 0) is 43.7 Å². The maximum atomic E-state index is 10.4. The number of nitrogens with zero attached hydrogens (tertiary/aromatic N) is 3. The number of nitriles is 3. The van der Waals surface area contributed by atoms with Crippen LogP contribution in [0.1, 0.15) is 61.8 Å². The summed E-state index contributed by atoms with van der Waals surface area (Å²) in [6.07, 6.45) is 3.13. The van der Waals surface area contributed by atoms with Crippen LogP contribution in [0.2, 0.25) is 0 Å². The molecule has 30 heavy (non-hydrogen) atoms. The third-order valence-electron chi connectivity index (χ3n) is 7.42. The van der Waals surface area contributed by atoms with E-state index < -0.39 is 28.6 Å². The number of hydrogen-bond donors (Lipinski definition) is 1. The highest BCUT2D eigenvalue weighted by Gasteiger charge is 2.80. The first-order chi connectivity index (χ1) is 14.3. The quantitative estimate of drug-likeness (QED) is 0.777. The predicted octanol–water partition coefficient (Wildman–Crippen LogP) is 4.84. The molecule has 3 fully saturated rings. The minimum absolute atomic E-state index is 0.289. The minimum atomic E-state index is -1.86. The molecule has 2 bridgehead atoms. The average molecular weight is 402 g/mol. The van der Waals surface area contributed by atoms with Gasteiger partial charge in [0.05, 0.1) is 24.1 Å². The predicted molar refractivity (Wildman–Crippen MR) is 109 cm³/mol. The molecule has 1 N–H and O–H groups in total. The first-order valence-corrected chi connectivity index (χ1v) is 10.6. The van der Waals surface area contributed by atoms with E-state index >= 15 is 0 Å². The van der Waals surface area contributed by atoms with E-state index in [4.69, 9.17) is 14.9 Å². The summed E-state index contributed by atoms with van der Waals surface area (Å²) in [5.41, 5.74) is -0.857. The van der Waals surface area contributed by atoms with Crippen LogP contribution in [-0.2, 0) is 9.47 Å². The lowest BCUT2D eigenvalue weighted by molar-refractivity contribution is -0.299. The molecule has 5 unspecified atom stereocenters. The normalized spacial score (nSPS) is 36.0. The van der Waals surface area contributed by atoms with Crippen LogP contribution in [0.3, 0.4) is 0 Å². The van der Waals surface area contributed by atoms with Crippen molar-refractivity contribution in [2.24, 2.45) is 22.7 Å². The standard InChI is InChI=1S/C24H26N4O2/c1-4-5-17-8-9-24-19(11-17)23(14-27,21(28)30-24)22(12-25,13-26)20(29-24)18-7-6-15(2)10-16(18)3/h6-7,10,17,19-20,28H,4-5,8-9,11H2,1-3H3. The van der Waals surface area contributed by atoms with E-state index in [0.29, 0.717) is 24.3 Å². The first-order valence-electron chi connectivity index (χ1n) is 10.6. The summed E-state index contributed by atoms with van der Waals surface area (Å²) in [6.45, 7) is 6.02. The molecule has 0 radical (unpaired) electrons. The molecule has 1 aromatic carbocycles. The molecule has 6 heteroatoms. The van der Waals surface area contributed by atoms with E-state index in [0.717, 1.165) is 30.4 Å². The van der Waals surface area contributed by atoms with Gasteiger partial charge >= 0.3 is 0 Å². The molecule has 3 aliphatic rings. The second-order valence-electron chi connectivity index (χ2n) is 9.03. The van der Waals surface area contributed by atoms with Gasteiger partial charge in [0, 0.05) is 6.42 Å². The van der Waals surface area contributed by atoms with Crippen molar-refractivity contribution in [3.63, 3.8) is 0 Å². The summed E-state index contributed by atoms with van der Waals surface area (Å²) >= 11 is 0. The number of nitrogens with one attached hydrogen (secondary N) is 1. The maximum Gasteiger partial charge on any atom is 0.217 e. The van der Waals surface area contributed by atoms with Crippen molar-refractivity contribution in [3.05, 3.63) is 34.9 Å². The Balaban J connectivity index is 1.95. The molecule has 2 saturated heterocycles. The zero-order valence-electron chi connectivity index (χ0n) is 17.7. The largest absolute Gasteiger partial charge is 0.447 e. The van der Waals surface area contributed by atoms with Crippen molar-refractivity contribution in [1.29, 1.82) is 21.2 Å². The van der Waals surface area contributed by atoms with Gasteiger partial charge in [0.1, 0.15) is 6.10 Å². The molecule has 2 aliphatic heterocycles.